The lowest BCUT2D eigenvalue weighted by molar-refractivity contribution is 0.100. The Morgan fingerprint density at radius 3 is 2.36 bits per heavy atom. The molecule has 6 nitrogen and oxygen atoms in total. The van der Waals surface area contributed by atoms with Crippen LogP contribution in [0.15, 0.2) is 16.8 Å². The van der Waals surface area contributed by atoms with E-state index in [1.54, 1.807) is 0 Å². The SMILES string of the molecule is CS(C)(=O)=NC(=O)c1cnc(N)nc1. The number of hydrogen-bond donors (Lipinski definition) is 1. The average molecular weight is 214 g/mol. The van der Waals surface area contributed by atoms with Gasteiger partial charge in [-0.05, 0) is 0 Å². The molecule has 1 amide bonds. The van der Waals surface area contributed by atoms with Gasteiger partial charge in [0, 0.05) is 34.6 Å². The Balaban J connectivity index is 3.03. The van der Waals surface area contributed by atoms with Gasteiger partial charge in [0.15, 0.2) is 0 Å². The second-order valence-electron chi connectivity index (χ2n) is 2.91. The zero-order chi connectivity index (χ0) is 10.8. The first-order valence-corrected chi connectivity index (χ1v) is 6.00. The molecular weight excluding hydrogens is 204 g/mol. The van der Waals surface area contributed by atoms with Crippen molar-refractivity contribution in [1.82, 2.24) is 9.97 Å². The Morgan fingerprint density at radius 2 is 1.93 bits per heavy atom. The zero-order valence-corrected chi connectivity index (χ0v) is 8.61. The summed E-state index contributed by atoms with van der Waals surface area (Å²) < 4.78 is 14.7. The van der Waals surface area contributed by atoms with E-state index in [4.69, 9.17) is 5.73 Å². The Bertz CT molecular complexity index is 451. The molecule has 0 aliphatic heterocycles. The van der Waals surface area contributed by atoms with Crippen LogP contribution in [-0.4, -0.2) is 32.6 Å². The summed E-state index contributed by atoms with van der Waals surface area (Å²) in [6.07, 6.45) is 5.25. The first kappa shape index (κ1) is 10.6. The number of anilines is 1. The molecule has 0 aromatic carbocycles. The number of nitrogen functional groups attached to an aromatic ring is 1. The van der Waals surface area contributed by atoms with Crippen molar-refractivity contribution in [3.63, 3.8) is 0 Å². The van der Waals surface area contributed by atoms with Crippen LogP contribution in [0.25, 0.3) is 0 Å². The van der Waals surface area contributed by atoms with Crippen LogP contribution in [0.5, 0.6) is 0 Å². The molecule has 0 saturated carbocycles. The second kappa shape index (κ2) is 3.70. The quantitative estimate of drug-likeness (QED) is 0.705. The minimum atomic E-state index is -2.44. The highest BCUT2D eigenvalue weighted by Gasteiger charge is 2.06. The smallest absolute Gasteiger partial charge is 0.288 e. The molecule has 14 heavy (non-hydrogen) atoms. The maximum atomic E-state index is 11.3. The van der Waals surface area contributed by atoms with Crippen LogP contribution in [0.4, 0.5) is 5.95 Å². The minimum Gasteiger partial charge on any atom is -0.368 e. The van der Waals surface area contributed by atoms with Crippen LogP contribution in [-0.2, 0) is 9.73 Å². The highest BCUT2D eigenvalue weighted by molar-refractivity contribution is 7.92. The van der Waals surface area contributed by atoms with Gasteiger partial charge in [-0.25, -0.2) is 14.2 Å². The molecule has 0 bridgehead atoms. The number of nitrogens with zero attached hydrogens (tertiary/aromatic N) is 3. The fraction of sp³-hybridized carbons (Fsp3) is 0.286. The van der Waals surface area contributed by atoms with Gasteiger partial charge in [-0.3, -0.25) is 4.79 Å². The van der Waals surface area contributed by atoms with E-state index in [9.17, 15) is 9.00 Å². The molecule has 0 aliphatic rings. The largest absolute Gasteiger partial charge is 0.368 e. The van der Waals surface area contributed by atoms with Crippen molar-refractivity contribution in [2.45, 2.75) is 0 Å². The van der Waals surface area contributed by atoms with Crippen molar-refractivity contribution < 1.29 is 9.00 Å². The van der Waals surface area contributed by atoms with Crippen molar-refractivity contribution in [2.75, 3.05) is 18.2 Å². The highest BCUT2D eigenvalue weighted by atomic mass is 32.2. The molecule has 0 radical (unpaired) electrons. The van der Waals surface area contributed by atoms with E-state index in [-0.39, 0.29) is 11.5 Å². The van der Waals surface area contributed by atoms with Crippen LogP contribution in [0, 0.1) is 0 Å². The molecule has 0 saturated heterocycles. The maximum absolute atomic E-state index is 11.3. The molecule has 0 unspecified atom stereocenters. The molecule has 1 heterocycles. The molecule has 0 fully saturated rings. The molecule has 0 aliphatic carbocycles. The third kappa shape index (κ3) is 3.09. The van der Waals surface area contributed by atoms with Crippen molar-refractivity contribution >= 4 is 21.6 Å². The fourth-order valence-corrected chi connectivity index (χ4v) is 1.21. The van der Waals surface area contributed by atoms with Gasteiger partial charge >= 0.3 is 0 Å². The highest BCUT2D eigenvalue weighted by Crippen LogP contribution is 2.01. The Hall–Kier alpha value is -1.50. The summed E-state index contributed by atoms with van der Waals surface area (Å²) in [6, 6.07) is 0. The van der Waals surface area contributed by atoms with Crippen molar-refractivity contribution in [3.8, 4) is 0 Å². The molecule has 2 N–H and O–H groups in total. The van der Waals surface area contributed by atoms with Crippen molar-refractivity contribution in [3.05, 3.63) is 18.0 Å². The topological polar surface area (TPSA) is 98.3 Å². The van der Waals surface area contributed by atoms with E-state index in [1.807, 2.05) is 0 Å². The minimum absolute atomic E-state index is 0.0790. The van der Waals surface area contributed by atoms with Crippen LogP contribution in [0.1, 0.15) is 10.4 Å². The predicted molar refractivity (Wildman–Crippen MR) is 53.2 cm³/mol. The second-order valence-corrected chi connectivity index (χ2v) is 5.45. The van der Waals surface area contributed by atoms with E-state index in [1.165, 1.54) is 24.9 Å². The number of carbonyl (C=O) groups is 1. The van der Waals surface area contributed by atoms with E-state index < -0.39 is 15.6 Å². The van der Waals surface area contributed by atoms with Gasteiger partial charge in [-0.2, -0.15) is 4.36 Å². The van der Waals surface area contributed by atoms with Gasteiger partial charge in [-0.15, -0.1) is 0 Å². The summed E-state index contributed by atoms with van der Waals surface area (Å²) in [6.45, 7) is 0. The van der Waals surface area contributed by atoms with E-state index in [0.29, 0.717) is 0 Å². The lowest BCUT2D eigenvalue weighted by atomic mass is 10.3. The molecule has 1 aromatic rings. The summed E-state index contributed by atoms with van der Waals surface area (Å²) in [5, 5.41) is 0. The van der Waals surface area contributed by atoms with Gasteiger partial charge in [0.25, 0.3) is 5.91 Å². The molecule has 0 atom stereocenters. The van der Waals surface area contributed by atoms with Gasteiger partial charge in [-0.1, -0.05) is 0 Å². The van der Waals surface area contributed by atoms with Crippen LogP contribution >= 0.6 is 0 Å². The normalized spacial score (nSPS) is 11.0. The summed E-state index contributed by atoms with van der Waals surface area (Å²) in [7, 11) is -2.44. The first-order chi connectivity index (χ1) is 6.38. The molecule has 76 valence electrons. The lowest BCUT2D eigenvalue weighted by Gasteiger charge is -1.96. The van der Waals surface area contributed by atoms with Crippen molar-refractivity contribution in [1.29, 1.82) is 0 Å². The number of nitrogens with two attached hydrogens (primary N) is 1. The van der Waals surface area contributed by atoms with E-state index >= 15 is 0 Å². The molecular formula is C7H10N4O2S. The zero-order valence-electron chi connectivity index (χ0n) is 7.80. The van der Waals surface area contributed by atoms with Gasteiger partial charge < -0.3 is 5.73 Å². The summed E-state index contributed by atoms with van der Waals surface area (Å²) in [5.41, 5.74) is 5.41. The average Bonchev–Trinajstić information content (AvgIpc) is 2.02. The third-order valence-corrected chi connectivity index (χ3v) is 1.83. The standard InChI is InChI=1S/C7H10N4O2S/c1-14(2,13)11-6(12)5-3-9-7(8)10-4-5/h3-4H,1-2H3,(H2,8,9,10). The Kier molecular flexibility index (Phi) is 2.80. The number of rotatable bonds is 1. The molecule has 7 heteroatoms. The van der Waals surface area contributed by atoms with Crippen LogP contribution in [0.3, 0.4) is 0 Å². The number of hydrogen-bond acceptors (Lipinski definition) is 5. The molecule has 1 aromatic heterocycles. The lowest BCUT2D eigenvalue weighted by Crippen LogP contribution is -2.03. The van der Waals surface area contributed by atoms with Crippen LogP contribution < -0.4 is 5.73 Å². The number of amides is 1. The van der Waals surface area contributed by atoms with E-state index in [2.05, 4.69) is 14.3 Å². The van der Waals surface area contributed by atoms with Gasteiger partial charge in [0.05, 0.1) is 5.56 Å². The maximum Gasteiger partial charge on any atom is 0.288 e. The van der Waals surface area contributed by atoms with Crippen molar-refractivity contribution in [2.24, 2.45) is 4.36 Å². The van der Waals surface area contributed by atoms with Gasteiger partial charge in [0.1, 0.15) is 0 Å². The number of aromatic nitrogens is 2. The van der Waals surface area contributed by atoms with E-state index in [0.717, 1.165) is 0 Å². The number of carbonyl (C=O) groups excluding carboxylic acids is 1. The predicted octanol–water partition coefficient (Wildman–Crippen LogP) is -0.0734. The Labute approximate surface area is 81.7 Å². The summed E-state index contributed by atoms with van der Waals surface area (Å²) >= 11 is 0. The monoisotopic (exact) mass is 214 g/mol. The fourth-order valence-electron chi connectivity index (χ4n) is 0.701. The first-order valence-electron chi connectivity index (χ1n) is 3.67. The van der Waals surface area contributed by atoms with Gasteiger partial charge in [0.2, 0.25) is 5.95 Å². The Morgan fingerprint density at radius 1 is 1.43 bits per heavy atom. The summed E-state index contributed by atoms with van der Waals surface area (Å²) in [5.74, 6) is -0.518. The summed E-state index contributed by atoms with van der Waals surface area (Å²) in [4.78, 5) is 18.6. The third-order valence-electron chi connectivity index (χ3n) is 1.22. The molecule has 0 spiro atoms. The molecule has 1 rings (SSSR count). The van der Waals surface area contributed by atoms with Crippen LogP contribution in [0.2, 0.25) is 0 Å².